The fraction of sp³-hybridized carbons (Fsp3) is 0.125. The van der Waals surface area contributed by atoms with Gasteiger partial charge in [0.15, 0.2) is 5.69 Å². The lowest BCUT2D eigenvalue weighted by Crippen LogP contribution is -2.43. The van der Waals surface area contributed by atoms with E-state index in [1.54, 1.807) is 23.8 Å². The Morgan fingerprint density at radius 2 is 1.66 bits per heavy atom. The molecule has 0 bridgehead atoms. The van der Waals surface area contributed by atoms with Crippen LogP contribution in [0.3, 0.4) is 0 Å². The van der Waals surface area contributed by atoms with Crippen LogP contribution in [0.1, 0.15) is 33.2 Å². The Morgan fingerprint density at radius 1 is 0.938 bits per heavy atom. The van der Waals surface area contributed by atoms with Crippen LogP contribution in [0, 0.1) is 0 Å². The second kappa shape index (κ2) is 10.4. The van der Waals surface area contributed by atoms with Crippen molar-refractivity contribution >= 4 is 23.3 Å². The summed E-state index contributed by atoms with van der Waals surface area (Å²) in [6.45, 7) is 0.554. The molecule has 0 aliphatic rings. The zero-order valence-electron chi connectivity index (χ0n) is 17.2. The van der Waals surface area contributed by atoms with Gasteiger partial charge in [-0.3, -0.25) is 14.6 Å². The van der Waals surface area contributed by atoms with Crippen molar-refractivity contribution in [2.24, 2.45) is 0 Å². The number of benzene rings is 2. The zero-order valence-corrected chi connectivity index (χ0v) is 18.0. The molecular weight excluding hydrogens is 422 g/mol. The molecule has 2 amide bonds. The molecule has 0 spiro atoms. The minimum atomic E-state index is -0.852. The predicted molar refractivity (Wildman–Crippen MR) is 121 cm³/mol. The highest BCUT2D eigenvalue weighted by Gasteiger charge is 2.33. The first kappa shape index (κ1) is 21.3. The van der Waals surface area contributed by atoms with Gasteiger partial charge in [0.05, 0.1) is 0 Å². The molecule has 32 heavy (non-hydrogen) atoms. The first-order valence-electron chi connectivity index (χ1n) is 10.1. The zero-order chi connectivity index (χ0) is 22.2. The minimum Gasteiger partial charge on any atom is -0.350 e. The highest BCUT2D eigenvalue weighted by molar-refractivity contribution is 7.03. The van der Waals surface area contributed by atoms with Crippen molar-refractivity contribution in [3.63, 3.8) is 0 Å². The summed E-state index contributed by atoms with van der Waals surface area (Å²) in [5.74, 6) is -0.646. The van der Waals surface area contributed by atoms with Gasteiger partial charge in [0.2, 0.25) is 5.91 Å². The van der Waals surface area contributed by atoms with Gasteiger partial charge in [-0.1, -0.05) is 71.2 Å². The quantitative estimate of drug-likeness (QED) is 0.449. The van der Waals surface area contributed by atoms with E-state index < -0.39 is 6.04 Å². The molecule has 2 aromatic carbocycles. The molecule has 0 saturated heterocycles. The summed E-state index contributed by atoms with van der Waals surface area (Å²) in [5.41, 5.74) is 2.69. The highest BCUT2D eigenvalue weighted by Crippen LogP contribution is 2.25. The SMILES string of the molecule is O=C(NCc1ccccc1)C(c1ccccc1)N(Cc1cccnc1)C(=O)c1csnn1. The van der Waals surface area contributed by atoms with Crippen molar-refractivity contribution in [1.82, 2.24) is 24.8 Å². The van der Waals surface area contributed by atoms with Gasteiger partial charge in [-0.15, -0.1) is 5.10 Å². The Hall–Kier alpha value is -3.91. The maximum absolute atomic E-state index is 13.5. The maximum Gasteiger partial charge on any atom is 0.276 e. The average molecular weight is 444 g/mol. The molecule has 1 N–H and O–H groups in total. The summed E-state index contributed by atoms with van der Waals surface area (Å²) in [5, 5.41) is 8.51. The van der Waals surface area contributed by atoms with E-state index in [9.17, 15) is 9.59 Å². The van der Waals surface area contributed by atoms with Gasteiger partial charge >= 0.3 is 0 Å². The topological polar surface area (TPSA) is 88.1 Å². The van der Waals surface area contributed by atoms with Gasteiger partial charge in [0, 0.05) is 30.9 Å². The maximum atomic E-state index is 13.5. The lowest BCUT2D eigenvalue weighted by Gasteiger charge is -2.31. The van der Waals surface area contributed by atoms with E-state index in [1.165, 1.54) is 4.90 Å². The standard InChI is InChI=1S/C24H21N5O2S/c30-23(26-15-18-8-3-1-4-9-18)22(20-11-5-2-6-12-20)29(16-19-10-7-13-25-14-19)24(31)21-17-32-28-27-21/h1-14,17,22H,15-16H2,(H,26,30). The monoisotopic (exact) mass is 443 g/mol. The fourth-order valence-electron chi connectivity index (χ4n) is 3.36. The van der Waals surface area contributed by atoms with Gasteiger partial charge in [-0.05, 0) is 34.3 Å². The van der Waals surface area contributed by atoms with Crippen molar-refractivity contribution < 1.29 is 9.59 Å². The van der Waals surface area contributed by atoms with Crippen LogP contribution in [-0.4, -0.2) is 31.3 Å². The van der Waals surface area contributed by atoms with E-state index in [-0.39, 0.29) is 24.1 Å². The number of amides is 2. The van der Waals surface area contributed by atoms with E-state index in [0.717, 1.165) is 22.7 Å². The van der Waals surface area contributed by atoms with E-state index in [0.29, 0.717) is 12.1 Å². The second-order valence-electron chi connectivity index (χ2n) is 7.10. The summed E-state index contributed by atoms with van der Waals surface area (Å²) < 4.78 is 3.82. The van der Waals surface area contributed by atoms with Crippen molar-refractivity contribution in [1.29, 1.82) is 0 Å². The van der Waals surface area contributed by atoms with E-state index in [2.05, 4.69) is 19.9 Å². The second-order valence-corrected chi connectivity index (χ2v) is 7.71. The number of aromatic nitrogens is 3. The summed E-state index contributed by atoms with van der Waals surface area (Å²) in [6, 6.07) is 21.7. The average Bonchev–Trinajstić information content (AvgIpc) is 3.39. The van der Waals surface area contributed by atoms with Gasteiger partial charge < -0.3 is 10.2 Å². The summed E-state index contributed by atoms with van der Waals surface area (Å²) in [7, 11) is 0. The number of nitrogens with one attached hydrogen (secondary N) is 1. The summed E-state index contributed by atoms with van der Waals surface area (Å²) in [6.07, 6.45) is 3.35. The molecule has 7 nitrogen and oxygen atoms in total. The Morgan fingerprint density at radius 3 is 2.31 bits per heavy atom. The number of rotatable bonds is 8. The van der Waals surface area contributed by atoms with Gasteiger partial charge in [-0.25, -0.2) is 0 Å². The molecule has 4 rings (SSSR count). The Balaban J connectivity index is 1.68. The van der Waals surface area contributed by atoms with Crippen LogP contribution in [0.15, 0.2) is 90.6 Å². The van der Waals surface area contributed by atoms with Crippen LogP contribution >= 0.6 is 11.5 Å². The molecule has 2 heterocycles. The molecule has 4 aromatic rings. The fourth-order valence-corrected chi connectivity index (χ4v) is 3.79. The van der Waals surface area contributed by atoms with Gasteiger partial charge in [0.1, 0.15) is 6.04 Å². The van der Waals surface area contributed by atoms with E-state index in [1.807, 2.05) is 66.7 Å². The molecule has 0 aliphatic heterocycles. The number of hydrogen-bond donors (Lipinski definition) is 1. The Kier molecular flexibility index (Phi) is 6.94. The lowest BCUT2D eigenvalue weighted by molar-refractivity contribution is -0.126. The Labute approximate surface area is 189 Å². The third-order valence-corrected chi connectivity index (χ3v) is 5.41. The molecular formula is C24H21N5O2S. The number of carbonyl (C=O) groups is 2. The highest BCUT2D eigenvalue weighted by atomic mass is 32.1. The third kappa shape index (κ3) is 5.22. The number of nitrogens with zero attached hydrogens (tertiary/aromatic N) is 4. The molecule has 1 atom stereocenters. The minimum absolute atomic E-state index is 0.197. The van der Waals surface area contributed by atoms with Crippen molar-refractivity contribution in [3.8, 4) is 0 Å². The van der Waals surface area contributed by atoms with Crippen LogP contribution in [0.5, 0.6) is 0 Å². The van der Waals surface area contributed by atoms with Crippen molar-refractivity contribution in [2.45, 2.75) is 19.1 Å². The van der Waals surface area contributed by atoms with Crippen molar-refractivity contribution in [3.05, 3.63) is 113 Å². The van der Waals surface area contributed by atoms with Crippen LogP contribution in [0.25, 0.3) is 0 Å². The predicted octanol–water partition coefficient (Wildman–Crippen LogP) is 3.63. The first-order chi connectivity index (χ1) is 15.7. The third-order valence-electron chi connectivity index (χ3n) is 4.90. The van der Waals surface area contributed by atoms with Crippen LogP contribution in [0.2, 0.25) is 0 Å². The normalized spacial score (nSPS) is 11.5. The van der Waals surface area contributed by atoms with E-state index in [4.69, 9.17) is 0 Å². The van der Waals surface area contributed by atoms with Crippen LogP contribution in [-0.2, 0) is 17.9 Å². The first-order valence-corrected chi connectivity index (χ1v) is 10.9. The van der Waals surface area contributed by atoms with Gasteiger partial charge in [-0.2, -0.15) is 0 Å². The molecule has 2 aromatic heterocycles. The molecule has 0 saturated carbocycles. The number of pyridine rings is 1. The lowest BCUT2D eigenvalue weighted by atomic mass is 10.0. The molecule has 0 radical (unpaired) electrons. The molecule has 8 heteroatoms. The number of carbonyl (C=O) groups excluding carboxylic acids is 2. The summed E-state index contributed by atoms with van der Waals surface area (Å²) >= 11 is 1.09. The van der Waals surface area contributed by atoms with E-state index >= 15 is 0 Å². The molecule has 0 aliphatic carbocycles. The summed E-state index contributed by atoms with van der Waals surface area (Å²) in [4.78, 5) is 32.6. The van der Waals surface area contributed by atoms with Gasteiger partial charge in [0.25, 0.3) is 5.91 Å². The van der Waals surface area contributed by atoms with Crippen LogP contribution in [0.4, 0.5) is 0 Å². The Bertz CT molecular complexity index is 1140. The molecule has 1 unspecified atom stereocenters. The molecule has 160 valence electrons. The molecule has 0 fully saturated rings. The largest absolute Gasteiger partial charge is 0.350 e. The van der Waals surface area contributed by atoms with Crippen LogP contribution < -0.4 is 5.32 Å². The van der Waals surface area contributed by atoms with Crippen molar-refractivity contribution in [2.75, 3.05) is 0 Å². The smallest absolute Gasteiger partial charge is 0.276 e. The number of hydrogen-bond acceptors (Lipinski definition) is 6.